The number of aromatic amines is 1. The van der Waals surface area contributed by atoms with Crippen LogP contribution < -0.4 is 4.90 Å². The summed E-state index contributed by atoms with van der Waals surface area (Å²) in [5.41, 5.74) is 0.451. The summed E-state index contributed by atoms with van der Waals surface area (Å²) in [6, 6.07) is 2.03. The lowest BCUT2D eigenvalue weighted by molar-refractivity contribution is -0.124. The number of carboxylic acid groups (broad SMARTS) is 1. The number of hydrogen-bond donors (Lipinski definition) is 2. The van der Waals surface area contributed by atoms with E-state index in [1.54, 1.807) is 18.0 Å². The summed E-state index contributed by atoms with van der Waals surface area (Å²) < 4.78 is 0. The fourth-order valence-electron chi connectivity index (χ4n) is 5.18. The van der Waals surface area contributed by atoms with Crippen molar-refractivity contribution in [2.75, 3.05) is 4.90 Å². The third kappa shape index (κ3) is 5.70. The lowest BCUT2D eigenvalue weighted by atomic mass is 9.81. The number of thioether (sulfide) groups is 1. The monoisotopic (exact) mass is 503 g/mol. The van der Waals surface area contributed by atoms with E-state index in [1.807, 2.05) is 17.2 Å². The summed E-state index contributed by atoms with van der Waals surface area (Å²) >= 11 is 3.10. The van der Waals surface area contributed by atoms with E-state index in [-0.39, 0.29) is 23.3 Å². The maximum atomic E-state index is 14.0. The predicted molar refractivity (Wildman–Crippen MR) is 139 cm³/mol. The van der Waals surface area contributed by atoms with Gasteiger partial charge in [-0.05, 0) is 68.8 Å². The largest absolute Gasteiger partial charge is 0.477 e. The van der Waals surface area contributed by atoms with Gasteiger partial charge in [0.15, 0.2) is 5.16 Å². The van der Waals surface area contributed by atoms with Gasteiger partial charge in [0, 0.05) is 34.5 Å². The molecule has 34 heavy (non-hydrogen) atoms. The van der Waals surface area contributed by atoms with Crippen molar-refractivity contribution in [2.45, 2.75) is 101 Å². The second-order valence-corrected chi connectivity index (χ2v) is 13.3. The van der Waals surface area contributed by atoms with Gasteiger partial charge >= 0.3 is 5.97 Å². The van der Waals surface area contributed by atoms with Crippen molar-refractivity contribution < 1.29 is 14.7 Å². The molecule has 2 fully saturated rings. The zero-order valence-corrected chi connectivity index (χ0v) is 22.3. The molecule has 4 rings (SSSR count). The number of aromatic nitrogens is 2. The number of nitrogens with zero attached hydrogens (tertiary/aromatic N) is 2. The third-order valence-corrected chi connectivity index (χ3v) is 10.1. The van der Waals surface area contributed by atoms with Crippen LogP contribution >= 0.6 is 23.1 Å². The van der Waals surface area contributed by atoms with Crippen LogP contribution in [0.5, 0.6) is 0 Å². The molecule has 0 spiro atoms. The molecule has 2 aliphatic rings. The number of imidazole rings is 1. The molecule has 2 saturated carbocycles. The number of thiophene rings is 1. The quantitative estimate of drug-likeness (QED) is 0.456. The number of carbonyl (C=O) groups excluding carboxylic acids is 1. The van der Waals surface area contributed by atoms with Gasteiger partial charge < -0.3 is 15.0 Å². The van der Waals surface area contributed by atoms with Crippen molar-refractivity contribution in [3.05, 3.63) is 28.2 Å². The van der Waals surface area contributed by atoms with Crippen molar-refractivity contribution in [2.24, 2.45) is 11.8 Å². The molecule has 0 radical (unpaired) electrons. The standard InChI is InChI=1S/C26H37N3O3S2/c1-16-5-7-17(8-6-16)23(30)29(20-15-21(26(2,3)4)34-22(20)24(31)32)18-9-11-19(12-10-18)33-25-27-13-14-28-25/h13-19H,5-12H2,1-4H3,(H,27,28)(H,31,32)/t16-,17-,18-,19-. The van der Waals surface area contributed by atoms with Crippen LogP contribution in [0, 0.1) is 11.8 Å². The fourth-order valence-corrected chi connectivity index (χ4v) is 7.30. The number of rotatable bonds is 6. The van der Waals surface area contributed by atoms with Crippen molar-refractivity contribution in [3.8, 4) is 0 Å². The summed E-state index contributed by atoms with van der Waals surface area (Å²) in [5, 5.41) is 11.5. The minimum atomic E-state index is -0.937. The molecule has 0 bridgehead atoms. The van der Waals surface area contributed by atoms with E-state index >= 15 is 0 Å². The number of amides is 1. The minimum absolute atomic E-state index is 0.00829. The van der Waals surface area contributed by atoms with E-state index in [0.717, 1.165) is 61.4 Å². The van der Waals surface area contributed by atoms with Crippen LogP contribution in [0.1, 0.15) is 93.6 Å². The van der Waals surface area contributed by atoms with Crippen LogP contribution in [0.25, 0.3) is 0 Å². The molecular weight excluding hydrogens is 466 g/mol. The van der Waals surface area contributed by atoms with Gasteiger partial charge in [-0.15, -0.1) is 11.3 Å². The van der Waals surface area contributed by atoms with Gasteiger partial charge in [-0.3, -0.25) is 4.79 Å². The van der Waals surface area contributed by atoms with E-state index < -0.39 is 5.97 Å². The van der Waals surface area contributed by atoms with E-state index in [0.29, 0.717) is 21.7 Å². The Morgan fingerprint density at radius 1 is 1.12 bits per heavy atom. The Bertz CT molecular complexity index is 980. The van der Waals surface area contributed by atoms with Crippen molar-refractivity contribution in [1.29, 1.82) is 0 Å². The lowest BCUT2D eigenvalue weighted by Crippen LogP contribution is -2.46. The summed E-state index contributed by atoms with van der Waals surface area (Å²) in [4.78, 5) is 37.0. The Morgan fingerprint density at radius 2 is 1.79 bits per heavy atom. The molecule has 8 heteroatoms. The highest BCUT2D eigenvalue weighted by Gasteiger charge is 2.38. The highest BCUT2D eigenvalue weighted by atomic mass is 32.2. The van der Waals surface area contributed by atoms with Crippen molar-refractivity contribution in [3.63, 3.8) is 0 Å². The number of hydrogen-bond acceptors (Lipinski definition) is 5. The Labute approximate surface area is 210 Å². The van der Waals surface area contributed by atoms with Crippen LogP contribution in [0.15, 0.2) is 23.6 Å². The molecule has 2 N–H and O–H groups in total. The van der Waals surface area contributed by atoms with Crippen molar-refractivity contribution in [1.82, 2.24) is 9.97 Å². The second-order valence-electron chi connectivity index (χ2n) is 11.0. The molecule has 0 saturated heterocycles. The number of anilines is 1. The van der Waals surface area contributed by atoms with Gasteiger partial charge in [0.25, 0.3) is 0 Å². The topological polar surface area (TPSA) is 86.3 Å². The molecule has 0 atom stereocenters. The van der Waals surface area contributed by atoms with E-state index in [1.165, 1.54) is 11.3 Å². The van der Waals surface area contributed by atoms with Crippen LogP contribution in [-0.4, -0.2) is 38.2 Å². The normalized spacial score (nSPS) is 25.8. The molecular formula is C26H37N3O3S2. The van der Waals surface area contributed by atoms with Gasteiger partial charge in [-0.2, -0.15) is 0 Å². The van der Waals surface area contributed by atoms with Crippen LogP contribution in [0.4, 0.5) is 5.69 Å². The second kappa shape index (κ2) is 10.4. The maximum absolute atomic E-state index is 14.0. The molecule has 0 aromatic carbocycles. The molecule has 2 heterocycles. The van der Waals surface area contributed by atoms with E-state index in [2.05, 4.69) is 37.7 Å². The zero-order chi connectivity index (χ0) is 24.5. The first-order chi connectivity index (χ1) is 16.1. The van der Waals surface area contributed by atoms with Crippen LogP contribution in [0.2, 0.25) is 0 Å². The third-order valence-electron chi connectivity index (χ3n) is 7.27. The molecule has 186 valence electrons. The molecule has 2 aliphatic carbocycles. The molecule has 0 unspecified atom stereocenters. The summed E-state index contributed by atoms with van der Waals surface area (Å²) in [7, 11) is 0. The van der Waals surface area contributed by atoms with Crippen LogP contribution in [0.3, 0.4) is 0 Å². The predicted octanol–water partition coefficient (Wildman–Crippen LogP) is 6.73. The number of H-pyrrole nitrogens is 1. The zero-order valence-electron chi connectivity index (χ0n) is 20.7. The molecule has 2 aromatic heterocycles. The van der Waals surface area contributed by atoms with E-state index in [9.17, 15) is 14.7 Å². The summed E-state index contributed by atoms with van der Waals surface area (Å²) in [6.07, 6.45) is 11.3. The van der Waals surface area contributed by atoms with Gasteiger partial charge in [0.05, 0.1) is 5.69 Å². The number of aromatic carboxylic acids is 1. The Balaban J connectivity index is 1.61. The fraction of sp³-hybridized carbons (Fsp3) is 0.654. The number of carbonyl (C=O) groups is 2. The van der Waals surface area contributed by atoms with Gasteiger partial charge in [0.1, 0.15) is 4.88 Å². The average Bonchev–Trinajstić information content (AvgIpc) is 3.46. The molecule has 0 aliphatic heterocycles. The summed E-state index contributed by atoms with van der Waals surface area (Å²) in [5.74, 6) is -0.150. The minimum Gasteiger partial charge on any atom is -0.477 e. The highest BCUT2D eigenvalue weighted by Crippen LogP contribution is 2.43. The van der Waals surface area contributed by atoms with Gasteiger partial charge in [-0.1, -0.05) is 39.5 Å². The molecule has 1 amide bonds. The maximum Gasteiger partial charge on any atom is 0.348 e. The number of carboxylic acids is 1. The first-order valence-electron chi connectivity index (χ1n) is 12.5. The average molecular weight is 504 g/mol. The number of nitrogens with one attached hydrogen (secondary N) is 1. The first kappa shape index (κ1) is 25.3. The highest BCUT2D eigenvalue weighted by molar-refractivity contribution is 7.99. The Hall–Kier alpha value is -1.80. The summed E-state index contributed by atoms with van der Waals surface area (Å²) in [6.45, 7) is 8.55. The lowest BCUT2D eigenvalue weighted by Gasteiger charge is -2.39. The first-order valence-corrected chi connectivity index (χ1v) is 14.2. The van der Waals surface area contributed by atoms with Gasteiger partial charge in [-0.25, -0.2) is 9.78 Å². The van der Waals surface area contributed by atoms with E-state index in [4.69, 9.17) is 0 Å². The molecule has 6 nitrogen and oxygen atoms in total. The Kier molecular flexibility index (Phi) is 7.77. The SMILES string of the molecule is CC(C)(C)c1cc(N(C(=O)[C@H]2CC[C@H](C)CC2)[C@H]2CC[C@H](Sc3ncc[nH]3)CC2)c(C(=O)O)s1. The van der Waals surface area contributed by atoms with Gasteiger partial charge in [0.2, 0.25) is 5.91 Å². The Morgan fingerprint density at radius 3 is 2.35 bits per heavy atom. The van der Waals surface area contributed by atoms with Crippen LogP contribution in [-0.2, 0) is 10.2 Å². The molecule has 2 aromatic rings. The smallest absolute Gasteiger partial charge is 0.348 e. The van der Waals surface area contributed by atoms with Crippen molar-refractivity contribution >= 4 is 40.7 Å².